The molecule has 0 saturated carbocycles. The van der Waals surface area contributed by atoms with Crippen LogP contribution >= 0.6 is 11.3 Å². The number of thiophene rings is 1. The molecule has 2 aromatic heterocycles. The molecule has 0 aliphatic rings. The minimum absolute atomic E-state index is 0.0964. The molecule has 6 nitrogen and oxygen atoms in total. The summed E-state index contributed by atoms with van der Waals surface area (Å²) in [7, 11) is -3.63. The van der Waals surface area contributed by atoms with Gasteiger partial charge in [0.25, 0.3) is 0 Å². The number of aromatic nitrogens is 2. The average molecular weight is 413 g/mol. The first-order valence-corrected chi connectivity index (χ1v) is 12.0. The Labute approximate surface area is 167 Å². The van der Waals surface area contributed by atoms with Gasteiger partial charge in [0.1, 0.15) is 10.6 Å². The summed E-state index contributed by atoms with van der Waals surface area (Å²) in [6.07, 6.45) is 3.42. The predicted molar refractivity (Wildman–Crippen MR) is 113 cm³/mol. The van der Waals surface area contributed by atoms with Crippen LogP contribution in [0.3, 0.4) is 0 Å². The van der Waals surface area contributed by atoms with E-state index in [4.69, 9.17) is 0 Å². The lowest BCUT2D eigenvalue weighted by Crippen LogP contribution is -2.33. The Kier molecular flexibility index (Phi) is 8.03. The molecule has 1 N–H and O–H groups in total. The molecular weight excluding hydrogens is 380 g/mol. The molecule has 0 aliphatic heterocycles. The zero-order valence-corrected chi connectivity index (χ0v) is 18.6. The molecule has 0 saturated heterocycles. The Morgan fingerprint density at radius 1 is 1.26 bits per heavy atom. The molecule has 0 radical (unpaired) electrons. The maximum Gasteiger partial charge on any atom is 0.244 e. The van der Waals surface area contributed by atoms with Gasteiger partial charge in [-0.05, 0) is 64.7 Å². The number of hydrogen-bond donors (Lipinski definition) is 1. The summed E-state index contributed by atoms with van der Waals surface area (Å²) >= 11 is 1.50. The Morgan fingerprint density at radius 3 is 2.52 bits per heavy atom. The molecule has 27 heavy (non-hydrogen) atoms. The maximum absolute atomic E-state index is 13.0. The van der Waals surface area contributed by atoms with E-state index in [0.29, 0.717) is 5.69 Å². The first kappa shape index (κ1) is 22.1. The largest absolute Gasteiger partial charge is 0.304 e. The number of nitrogens with one attached hydrogen (secondary N) is 1. The van der Waals surface area contributed by atoms with Crippen molar-refractivity contribution in [2.24, 2.45) is 0 Å². The highest BCUT2D eigenvalue weighted by atomic mass is 32.2. The molecule has 2 heterocycles. The van der Waals surface area contributed by atoms with Crippen molar-refractivity contribution in [3.05, 3.63) is 23.7 Å². The van der Waals surface area contributed by atoms with Crippen LogP contribution in [0.1, 0.15) is 53.5 Å². The monoisotopic (exact) mass is 412 g/mol. The van der Waals surface area contributed by atoms with Gasteiger partial charge in [-0.1, -0.05) is 19.9 Å². The topological polar surface area (TPSA) is 67.2 Å². The lowest BCUT2D eigenvalue weighted by atomic mass is 10.2. The standard InChI is InChI=1S/C19H32N4O2S2/c1-6-22(7-2)12-8-10-16(5)21-27(24,25)18-14-23(15(3)4)20-19(18)17-11-9-13-26-17/h9,11,13-16,21H,6-8,10,12H2,1-5H3. The van der Waals surface area contributed by atoms with Gasteiger partial charge in [-0.15, -0.1) is 11.3 Å². The van der Waals surface area contributed by atoms with Crippen LogP contribution in [0.25, 0.3) is 10.6 Å². The van der Waals surface area contributed by atoms with E-state index in [1.165, 1.54) is 11.3 Å². The Bertz CT molecular complexity index is 794. The highest BCUT2D eigenvalue weighted by Crippen LogP contribution is 2.30. The van der Waals surface area contributed by atoms with E-state index in [1.807, 2.05) is 38.3 Å². The summed E-state index contributed by atoms with van der Waals surface area (Å²) in [5.74, 6) is 0. The molecule has 2 aromatic rings. The van der Waals surface area contributed by atoms with E-state index in [-0.39, 0.29) is 17.0 Å². The van der Waals surface area contributed by atoms with E-state index >= 15 is 0 Å². The van der Waals surface area contributed by atoms with Crippen molar-refractivity contribution in [1.29, 1.82) is 0 Å². The maximum atomic E-state index is 13.0. The van der Waals surface area contributed by atoms with Gasteiger partial charge < -0.3 is 4.90 Å². The predicted octanol–water partition coefficient (Wildman–Crippen LogP) is 3.98. The molecule has 1 unspecified atom stereocenters. The second-order valence-electron chi connectivity index (χ2n) is 7.08. The van der Waals surface area contributed by atoms with Crippen molar-refractivity contribution >= 4 is 21.4 Å². The van der Waals surface area contributed by atoms with Crippen molar-refractivity contribution in [2.45, 2.75) is 64.4 Å². The third-order valence-corrected chi connectivity index (χ3v) is 7.10. The minimum Gasteiger partial charge on any atom is -0.304 e. The van der Waals surface area contributed by atoms with Crippen LogP contribution in [0.15, 0.2) is 28.6 Å². The molecule has 0 aromatic carbocycles. The molecule has 1 atom stereocenters. The fraction of sp³-hybridized carbons (Fsp3) is 0.632. The lowest BCUT2D eigenvalue weighted by molar-refractivity contribution is 0.293. The summed E-state index contributed by atoms with van der Waals surface area (Å²) < 4.78 is 30.6. The zero-order chi connectivity index (χ0) is 20.0. The van der Waals surface area contributed by atoms with Crippen LogP contribution < -0.4 is 4.72 Å². The van der Waals surface area contributed by atoms with Crippen LogP contribution in [0, 0.1) is 0 Å². The number of rotatable bonds is 11. The van der Waals surface area contributed by atoms with Crippen molar-refractivity contribution in [2.75, 3.05) is 19.6 Å². The Balaban J connectivity index is 2.14. The molecule has 0 amide bonds. The van der Waals surface area contributed by atoms with E-state index in [9.17, 15) is 8.42 Å². The Morgan fingerprint density at radius 2 is 1.96 bits per heavy atom. The van der Waals surface area contributed by atoms with Crippen molar-refractivity contribution < 1.29 is 8.42 Å². The van der Waals surface area contributed by atoms with Crippen molar-refractivity contribution in [1.82, 2.24) is 19.4 Å². The highest BCUT2D eigenvalue weighted by molar-refractivity contribution is 7.89. The zero-order valence-electron chi connectivity index (χ0n) is 17.0. The van der Waals surface area contributed by atoms with Crippen LogP contribution in [0.5, 0.6) is 0 Å². The van der Waals surface area contributed by atoms with Gasteiger partial charge in [0.2, 0.25) is 10.0 Å². The van der Waals surface area contributed by atoms with Gasteiger partial charge >= 0.3 is 0 Å². The van der Waals surface area contributed by atoms with Gasteiger partial charge in [-0.2, -0.15) is 5.10 Å². The van der Waals surface area contributed by atoms with Gasteiger partial charge in [-0.3, -0.25) is 4.68 Å². The number of sulfonamides is 1. The third-order valence-electron chi connectivity index (χ3n) is 4.63. The summed E-state index contributed by atoms with van der Waals surface area (Å²) in [5, 5.41) is 6.47. The van der Waals surface area contributed by atoms with E-state index in [1.54, 1.807) is 10.9 Å². The minimum atomic E-state index is -3.63. The number of nitrogens with zero attached hydrogens (tertiary/aromatic N) is 3. The second-order valence-corrected chi connectivity index (χ2v) is 9.71. The van der Waals surface area contributed by atoms with Crippen molar-refractivity contribution in [3.8, 4) is 10.6 Å². The smallest absolute Gasteiger partial charge is 0.244 e. The average Bonchev–Trinajstić information content (AvgIpc) is 3.27. The van der Waals surface area contributed by atoms with Crippen LogP contribution in [0.2, 0.25) is 0 Å². The molecule has 0 spiro atoms. The summed E-state index contributed by atoms with van der Waals surface area (Å²) in [4.78, 5) is 3.47. The first-order chi connectivity index (χ1) is 12.8. The normalized spacial score (nSPS) is 13.6. The summed E-state index contributed by atoms with van der Waals surface area (Å²) in [6.45, 7) is 13.2. The van der Waals surface area contributed by atoms with Gasteiger partial charge in [-0.25, -0.2) is 13.1 Å². The SMILES string of the molecule is CCN(CC)CCCC(C)NS(=O)(=O)c1cn(C(C)C)nc1-c1cccs1. The van der Waals surface area contributed by atoms with Gasteiger partial charge in [0.15, 0.2) is 0 Å². The second kappa shape index (κ2) is 9.82. The Hall–Kier alpha value is -1.22. The fourth-order valence-electron chi connectivity index (χ4n) is 2.97. The molecule has 0 bridgehead atoms. The van der Waals surface area contributed by atoms with E-state index < -0.39 is 10.0 Å². The molecule has 2 rings (SSSR count). The first-order valence-electron chi connectivity index (χ1n) is 9.66. The molecule has 0 aliphatic carbocycles. The quantitative estimate of drug-likeness (QED) is 0.606. The highest BCUT2D eigenvalue weighted by Gasteiger charge is 2.26. The summed E-state index contributed by atoms with van der Waals surface area (Å²) in [6, 6.07) is 3.79. The molecule has 152 valence electrons. The van der Waals surface area contributed by atoms with Crippen molar-refractivity contribution in [3.63, 3.8) is 0 Å². The number of hydrogen-bond acceptors (Lipinski definition) is 5. The van der Waals surface area contributed by atoms with E-state index in [0.717, 1.165) is 37.4 Å². The molecule has 8 heteroatoms. The van der Waals surface area contributed by atoms with Gasteiger partial charge in [0.05, 0.1) is 4.88 Å². The molecular formula is C19H32N4O2S2. The van der Waals surface area contributed by atoms with Gasteiger partial charge in [0, 0.05) is 18.3 Å². The lowest BCUT2D eigenvalue weighted by Gasteiger charge is -2.19. The summed E-state index contributed by atoms with van der Waals surface area (Å²) in [5.41, 5.74) is 0.529. The fourth-order valence-corrected chi connectivity index (χ4v) is 5.18. The third kappa shape index (κ3) is 5.88. The van der Waals surface area contributed by atoms with E-state index in [2.05, 4.69) is 28.6 Å². The van der Waals surface area contributed by atoms with Crippen LogP contribution in [0.4, 0.5) is 0 Å². The molecule has 0 fully saturated rings. The van der Waals surface area contributed by atoms with Crippen LogP contribution in [-0.2, 0) is 10.0 Å². The van der Waals surface area contributed by atoms with Crippen LogP contribution in [-0.4, -0.2) is 48.8 Å².